The molecule has 2 rings (SSSR count). The van der Waals surface area contributed by atoms with Crippen LogP contribution in [0, 0.1) is 18.3 Å². The molecule has 0 saturated carbocycles. The van der Waals surface area contributed by atoms with E-state index < -0.39 is 0 Å². The van der Waals surface area contributed by atoms with Crippen LogP contribution in [0.2, 0.25) is 0 Å². The maximum atomic E-state index is 8.77. The molecule has 0 fully saturated rings. The van der Waals surface area contributed by atoms with Gasteiger partial charge in [0.25, 0.3) is 0 Å². The van der Waals surface area contributed by atoms with Crippen LogP contribution in [0.5, 0.6) is 0 Å². The molecule has 1 heterocycles. The van der Waals surface area contributed by atoms with Crippen LogP contribution in [0.15, 0.2) is 30.5 Å². The fourth-order valence-electron chi connectivity index (χ4n) is 1.75. The number of aryl methyl sites for hydroxylation is 1. The van der Waals surface area contributed by atoms with Gasteiger partial charge in [0.15, 0.2) is 5.13 Å². The number of nitrogens with zero attached hydrogens (tertiary/aromatic N) is 3. The molecule has 4 heteroatoms. The van der Waals surface area contributed by atoms with Gasteiger partial charge in [-0.1, -0.05) is 41.2 Å². The van der Waals surface area contributed by atoms with Gasteiger partial charge in [-0.05, 0) is 18.9 Å². The standard InChI is InChI=1S/C14H15N3S/c1-11-4-3-5-12(8-11)6-7-17(2)14-16-10-13(9-15)18-14/h3-5,8,10H,6-7H2,1-2H3. The molecule has 0 radical (unpaired) electrons. The maximum Gasteiger partial charge on any atom is 0.186 e. The van der Waals surface area contributed by atoms with E-state index in [4.69, 9.17) is 5.26 Å². The molecule has 0 saturated heterocycles. The molecule has 0 aliphatic rings. The van der Waals surface area contributed by atoms with Crippen LogP contribution in [-0.4, -0.2) is 18.6 Å². The zero-order valence-electron chi connectivity index (χ0n) is 10.6. The molecule has 0 amide bonds. The lowest BCUT2D eigenvalue weighted by Crippen LogP contribution is -2.19. The highest BCUT2D eigenvalue weighted by atomic mass is 32.1. The van der Waals surface area contributed by atoms with Crippen LogP contribution in [0.4, 0.5) is 5.13 Å². The molecule has 0 bridgehead atoms. The Morgan fingerprint density at radius 2 is 2.28 bits per heavy atom. The van der Waals surface area contributed by atoms with E-state index in [2.05, 4.69) is 47.1 Å². The fourth-order valence-corrected chi connectivity index (χ4v) is 2.45. The minimum absolute atomic E-state index is 0.660. The van der Waals surface area contributed by atoms with Gasteiger partial charge in [0, 0.05) is 13.6 Å². The number of hydrogen-bond donors (Lipinski definition) is 0. The van der Waals surface area contributed by atoms with Crippen LogP contribution in [-0.2, 0) is 6.42 Å². The molecular weight excluding hydrogens is 242 g/mol. The zero-order valence-corrected chi connectivity index (χ0v) is 11.4. The van der Waals surface area contributed by atoms with Crippen LogP contribution in [0.25, 0.3) is 0 Å². The van der Waals surface area contributed by atoms with E-state index in [-0.39, 0.29) is 0 Å². The zero-order chi connectivity index (χ0) is 13.0. The number of hydrogen-bond acceptors (Lipinski definition) is 4. The number of likely N-dealkylation sites (N-methyl/N-ethyl adjacent to an activating group) is 1. The van der Waals surface area contributed by atoms with Crippen molar-refractivity contribution in [1.82, 2.24) is 4.98 Å². The van der Waals surface area contributed by atoms with Gasteiger partial charge >= 0.3 is 0 Å². The van der Waals surface area contributed by atoms with Crippen molar-refractivity contribution in [2.75, 3.05) is 18.5 Å². The van der Waals surface area contributed by atoms with E-state index in [0.717, 1.165) is 18.1 Å². The van der Waals surface area contributed by atoms with Gasteiger partial charge < -0.3 is 4.90 Å². The number of thiazole rings is 1. The normalized spacial score (nSPS) is 10.1. The van der Waals surface area contributed by atoms with Gasteiger partial charge in [0.1, 0.15) is 10.9 Å². The Hall–Kier alpha value is -1.86. The van der Waals surface area contributed by atoms with E-state index in [1.807, 2.05) is 7.05 Å². The van der Waals surface area contributed by atoms with E-state index >= 15 is 0 Å². The smallest absolute Gasteiger partial charge is 0.186 e. The Labute approximate surface area is 111 Å². The van der Waals surface area contributed by atoms with Crippen molar-refractivity contribution in [2.45, 2.75) is 13.3 Å². The van der Waals surface area contributed by atoms with E-state index in [9.17, 15) is 0 Å². The number of rotatable bonds is 4. The third kappa shape index (κ3) is 3.08. The monoisotopic (exact) mass is 257 g/mol. The van der Waals surface area contributed by atoms with Gasteiger partial charge in [-0.15, -0.1) is 0 Å². The van der Waals surface area contributed by atoms with Crippen LogP contribution >= 0.6 is 11.3 Å². The van der Waals surface area contributed by atoms with Crippen molar-refractivity contribution in [1.29, 1.82) is 5.26 Å². The highest BCUT2D eigenvalue weighted by molar-refractivity contribution is 7.16. The summed E-state index contributed by atoms with van der Waals surface area (Å²) < 4.78 is 0. The highest BCUT2D eigenvalue weighted by Crippen LogP contribution is 2.20. The third-order valence-electron chi connectivity index (χ3n) is 2.75. The van der Waals surface area contributed by atoms with Gasteiger partial charge in [0.05, 0.1) is 6.20 Å². The van der Waals surface area contributed by atoms with E-state index in [1.54, 1.807) is 6.20 Å². The second-order valence-electron chi connectivity index (χ2n) is 4.28. The molecule has 0 spiro atoms. The molecule has 0 aliphatic heterocycles. The highest BCUT2D eigenvalue weighted by Gasteiger charge is 2.06. The van der Waals surface area contributed by atoms with Crippen molar-refractivity contribution in [2.24, 2.45) is 0 Å². The predicted octanol–water partition coefficient (Wildman–Crippen LogP) is 3.00. The Morgan fingerprint density at radius 1 is 1.44 bits per heavy atom. The van der Waals surface area contributed by atoms with Crippen molar-refractivity contribution in [3.63, 3.8) is 0 Å². The third-order valence-corrected chi connectivity index (χ3v) is 3.76. The molecule has 3 nitrogen and oxygen atoms in total. The second-order valence-corrected chi connectivity index (χ2v) is 5.29. The minimum Gasteiger partial charge on any atom is -0.351 e. The van der Waals surface area contributed by atoms with Gasteiger partial charge in [-0.2, -0.15) is 5.26 Å². The number of nitriles is 1. The van der Waals surface area contributed by atoms with Crippen molar-refractivity contribution in [3.05, 3.63) is 46.5 Å². The summed E-state index contributed by atoms with van der Waals surface area (Å²) >= 11 is 1.43. The molecule has 0 atom stereocenters. The van der Waals surface area contributed by atoms with Crippen LogP contribution < -0.4 is 4.90 Å². The molecule has 0 aliphatic carbocycles. The summed E-state index contributed by atoms with van der Waals surface area (Å²) in [6.45, 7) is 3.01. The fraction of sp³-hybridized carbons (Fsp3) is 0.286. The van der Waals surface area contributed by atoms with E-state index in [0.29, 0.717) is 4.88 Å². The Bertz CT molecular complexity index is 568. The summed E-state index contributed by atoms with van der Waals surface area (Å²) in [5.74, 6) is 0. The summed E-state index contributed by atoms with van der Waals surface area (Å²) in [4.78, 5) is 6.99. The molecule has 92 valence electrons. The Kier molecular flexibility index (Phi) is 3.96. The lowest BCUT2D eigenvalue weighted by atomic mass is 10.1. The van der Waals surface area contributed by atoms with Crippen molar-refractivity contribution >= 4 is 16.5 Å². The summed E-state index contributed by atoms with van der Waals surface area (Å²) in [7, 11) is 2.01. The maximum absolute atomic E-state index is 8.77. The second kappa shape index (κ2) is 5.65. The molecule has 0 N–H and O–H groups in total. The summed E-state index contributed by atoms with van der Waals surface area (Å²) in [5, 5.41) is 9.68. The van der Waals surface area contributed by atoms with Crippen LogP contribution in [0.3, 0.4) is 0 Å². The summed E-state index contributed by atoms with van der Waals surface area (Å²) in [6.07, 6.45) is 2.61. The largest absolute Gasteiger partial charge is 0.351 e. The quantitative estimate of drug-likeness (QED) is 0.845. The molecule has 1 aromatic heterocycles. The van der Waals surface area contributed by atoms with Gasteiger partial charge in [0.2, 0.25) is 0 Å². The molecule has 18 heavy (non-hydrogen) atoms. The first-order valence-corrected chi connectivity index (χ1v) is 6.63. The van der Waals surface area contributed by atoms with Gasteiger partial charge in [-0.25, -0.2) is 4.98 Å². The Balaban J connectivity index is 1.96. The van der Waals surface area contributed by atoms with Gasteiger partial charge in [-0.3, -0.25) is 0 Å². The average Bonchev–Trinajstić information content (AvgIpc) is 2.85. The number of anilines is 1. The molecule has 0 unspecified atom stereocenters. The lowest BCUT2D eigenvalue weighted by Gasteiger charge is -2.15. The predicted molar refractivity (Wildman–Crippen MR) is 75.0 cm³/mol. The summed E-state index contributed by atoms with van der Waals surface area (Å²) in [5.41, 5.74) is 2.62. The van der Waals surface area contributed by atoms with Crippen LogP contribution in [0.1, 0.15) is 16.0 Å². The Morgan fingerprint density at radius 3 is 2.94 bits per heavy atom. The van der Waals surface area contributed by atoms with Crippen molar-refractivity contribution in [3.8, 4) is 6.07 Å². The molecular formula is C14H15N3S. The molecule has 2 aromatic rings. The molecule has 1 aromatic carbocycles. The van der Waals surface area contributed by atoms with E-state index in [1.165, 1.54) is 22.5 Å². The first kappa shape index (κ1) is 12.6. The lowest BCUT2D eigenvalue weighted by molar-refractivity contribution is 0.870. The minimum atomic E-state index is 0.660. The number of benzene rings is 1. The van der Waals surface area contributed by atoms with Crippen molar-refractivity contribution < 1.29 is 0 Å². The number of aromatic nitrogens is 1. The first-order chi connectivity index (χ1) is 8.69. The first-order valence-electron chi connectivity index (χ1n) is 5.81. The summed E-state index contributed by atoms with van der Waals surface area (Å²) in [6, 6.07) is 10.6. The average molecular weight is 257 g/mol. The topological polar surface area (TPSA) is 39.9 Å². The SMILES string of the molecule is Cc1cccc(CCN(C)c2ncc(C#N)s2)c1.